The lowest BCUT2D eigenvalue weighted by Crippen LogP contribution is -2.29. The predicted molar refractivity (Wildman–Crippen MR) is 116 cm³/mol. The number of benzene rings is 1. The van der Waals surface area contributed by atoms with Crippen LogP contribution in [0.15, 0.2) is 42.5 Å². The Morgan fingerprint density at radius 2 is 1.77 bits per heavy atom. The Morgan fingerprint density at radius 1 is 1.03 bits per heavy atom. The number of hydrogen-bond acceptors (Lipinski definition) is 3. The second kappa shape index (κ2) is 11.8. The van der Waals surface area contributed by atoms with E-state index >= 15 is 0 Å². The first-order valence-corrected chi connectivity index (χ1v) is 11.4. The van der Waals surface area contributed by atoms with Gasteiger partial charge < -0.3 is 4.74 Å². The normalized spacial score (nSPS) is 26.7. The Kier molecular flexibility index (Phi) is 8.82. The lowest BCUT2D eigenvalue weighted by atomic mass is 9.79. The largest absolute Gasteiger partial charge is 0.462 e. The molecule has 0 saturated heterocycles. The van der Waals surface area contributed by atoms with E-state index in [1.165, 1.54) is 18.2 Å². The molecule has 2 aliphatic carbocycles. The van der Waals surface area contributed by atoms with Crippen molar-refractivity contribution in [2.24, 2.45) is 11.8 Å². The van der Waals surface area contributed by atoms with Crippen LogP contribution in [0.1, 0.15) is 75.7 Å². The minimum atomic E-state index is -0.815. The van der Waals surface area contributed by atoms with Gasteiger partial charge in [0.2, 0.25) is 0 Å². The monoisotopic (exact) mass is 427 g/mol. The van der Waals surface area contributed by atoms with Crippen LogP contribution >= 0.6 is 0 Å². The van der Waals surface area contributed by atoms with Gasteiger partial charge in [-0.25, -0.2) is 8.78 Å². The second-order valence-corrected chi connectivity index (χ2v) is 8.80. The average Bonchev–Trinajstić information content (AvgIpc) is 2.79. The van der Waals surface area contributed by atoms with Crippen molar-refractivity contribution in [3.05, 3.63) is 59.7 Å². The zero-order valence-electron chi connectivity index (χ0n) is 17.9. The van der Waals surface area contributed by atoms with E-state index in [4.69, 9.17) is 10.00 Å². The summed E-state index contributed by atoms with van der Waals surface area (Å²) in [5.74, 6) is -0.811. The molecule has 2 aliphatic rings. The zero-order valence-corrected chi connectivity index (χ0v) is 17.9. The molecule has 1 aromatic carbocycles. The minimum absolute atomic E-state index is 0.00859. The summed E-state index contributed by atoms with van der Waals surface area (Å²) in [6.07, 6.45) is 16.4. The van der Waals surface area contributed by atoms with Crippen LogP contribution in [-0.2, 0) is 9.53 Å². The molecular formula is C26H31F2NO2. The Hall–Kier alpha value is -2.48. The molecule has 0 aliphatic heterocycles. The van der Waals surface area contributed by atoms with E-state index in [0.29, 0.717) is 5.92 Å². The van der Waals surface area contributed by atoms with Crippen molar-refractivity contribution in [1.82, 2.24) is 0 Å². The number of carbonyl (C=O) groups excluding carboxylic acids is 1. The van der Waals surface area contributed by atoms with Crippen LogP contribution in [0.5, 0.6) is 0 Å². The second-order valence-electron chi connectivity index (χ2n) is 8.80. The number of rotatable bonds is 7. The predicted octanol–water partition coefficient (Wildman–Crippen LogP) is 6.76. The summed E-state index contributed by atoms with van der Waals surface area (Å²) in [6.45, 7) is 0. The summed E-state index contributed by atoms with van der Waals surface area (Å²) >= 11 is 0. The van der Waals surface area contributed by atoms with Gasteiger partial charge in [-0.1, -0.05) is 24.3 Å². The van der Waals surface area contributed by atoms with Gasteiger partial charge in [-0.3, -0.25) is 4.79 Å². The van der Waals surface area contributed by atoms with E-state index in [1.807, 2.05) is 12.1 Å². The van der Waals surface area contributed by atoms with Gasteiger partial charge in [0.05, 0.1) is 12.0 Å². The van der Waals surface area contributed by atoms with Gasteiger partial charge in [-0.2, -0.15) is 5.26 Å². The molecule has 0 bridgehead atoms. The molecule has 0 aromatic heterocycles. The number of nitriles is 1. The maximum Gasteiger partial charge on any atom is 0.309 e. The van der Waals surface area contributed by atoms with Crippen molar-refractivity contribution in [1.29, 1.82) is 5.26 Å². The lowest BCUT2D eigenvalue weighted by Gasteiger charge is -2.31. The van der Waals surface area contributed by atoms with Crippen molar-refractivity contribution >= 4 is 5.97 Å². The van der Waals surface area contributed by atoms with Crippen LogP contribution in [0.25, 0.3) is 0 Å². The summed E-state index contributed by atoms with van der Waals surface area (Å²) in [5.41, 5.74) is 0.831. The van der Waals surface area contributed by atoms with E-state index in [1.54, 1.807) is 12.1 Å². The molecule has 166 valence electrons. The number of carbonyl (C=O) groups is 1. The number of halogens is 2. The fraction of sp³-hybridized carbons (Fsp3) is 0.538. The van der Waals surface area contributed by atoms with Crippen molar-refractivity contribution < 1.29 is 18.3 Å². The van der Waals surface area contributed by atoms with Gasteiger partial charge in [0.1, 0.15) is 6.10 Å². The van der Waals surface area contributed by atoms with Gasteiger partial charge in [0, 0.05) is 6.08 Å². The average molecular weight is 428 g/mol. The van der Waals surface area contributed by atoms with E-state index in [2.05, 4.69) is 6.08 Å². The number of allylic oxidation sites excluding steroid dienone is 4. The van der Waals surface area contributed by atoms with E-state index in [9.17, 15) is 13.6 Å². The third kappa shape index (κ3) is 7.02. The molecule has 31 heavy (non-hydrogen) atoms. The third-order valence-corrected chi connectivity index (χ3v) is 6.71. The zero-order chi connectivity index (χ0) is 22.1. The molecule has 0 N–H and O–H groups in total. The van der Waals surface area contributed by atoms with Crippen molar-refractivity contribution in [2.75, 3.05) is 0 Å². The molecule has 0 spiro atoms. The Morgan fingerprint density at radius 3 is 2.45 bits per heavy atom. The first-order chi connectivity index (χ1) is 15.1. The Bertz CT molecular complexity index is 826. The summed E-state index contributed by atoms with van der Waals surface area (Å²) in [4.78, 5) is 12.6. The van der Waals surface area contributed by atoms with Crippen LogP contribution in [-0.4, -0.2) is 12.1 Å². The summed E-state index contributed by atoms with van der Waals surface area (Å²) < 4.78 is 32.4. The molecule has 3 rings (SSSR count). The van der Waals surface area contributed by atoms with E-state index < -0.39 is 11.6 Å². The number of nitrogens with zero attached hydrogens (tertiary/aromatic N) is 1. The Balaban J connectivity index is 1.35. The van der Waals surface area contributed by atoms with E-state index in [-0.39, 0.29) is 23.9 Å². The van der Waals surface area contributed by atoms with Gasteiger partial charge in [0.25, 0.3) is 0 Å². The maximum atomic E-state index is 13.5. The first-order valence-electron chi connectivity index (χ1n) is 11.4. The summed E-state index contributed by atoms with van der Waals surface area (Å²) in [5, 5.41) is 8.44. The number of esters is 1. The SMILES string of the molecule is N#CC=CC=CCCC1CCC(C(=O)OC2CCC(c3ccc(F)c(F)c3)CC2)CC1. The molecule has 0 heterocycles. The number of hydrogen-bond donors (Lipinski definition) is 0. The van der Waals surface area contributed by atoms with Crippen molar-refractivity contribution in [3.8, 4) is 6.07 Å². The van der Waals surface area contributed by atoms with Gasteiger partial charge in [0.15, 0.2) is 11.6 Å². The highest BCUT2D eigenvalue weighted by Crippen LogP contribution is 2.36. The molecule has 2 saturated carbocycles. The molecule has 1 aromatic rings. The van der Waals surface area contributed by atoms with Crippen LogP contribution < -0.4 is 0 Å². The Labute approximate surface area is 183 Å². The molecule has 0 radical (unpaired) electrons. The maximum absolute atomic E-state index is 13.5. The molecule has 3 nitrogen and oxygen atoms in total. The van der Waals surface area contributed by atoms with Crippen molar-refractivity contribution in [3.63, 3.8) is 0 Å². The van der Waals surface area contributed by atoms with Crippen molar-refractivity contribution in [2.45, 2.75) is 76.2 Å². The van der Waals surface area contributed by atoms with Crippen LogP contribution in [0.4, 0.5) is 8.78 Å². The first kappa shape index (κ1) is 23.2. The summed E-state index contributed by atoms with van der Waals surface area (Å²) in [7, 11) is 0. The highest BCUT2D eigenvalue weighted by Gasteiger charge is 2.31. The lowest BCUT2D eigenvalue weighted by molar-refractivity contribution is -0.157. The topological polar surface area (TPSA) is 50.1 Å². The third-order valence-electron chi connectivity index (χ3n) is 6.71. The van der Waals surface area contributed by atoms with Crippen LogP contribution in [0.2, 0.25) is 0 Å². The minimum Gasteiger partial charge on any atom is -0.462 e. The fourth-order valence-electron chi connectivity index (χ4n) is 4.83. The molecule has 0 amide bonds. The molecule has 0 unspecified atom stereocenters. The fourth-order valence-corrected chi connectivity index (χ4v) is 4.83. The standard InChI is InChI=1S/C26H31F2NO2/c27-24-16-13-22(18-25(24)28)20-11-14-23(15-12-20)31-26(30)21-9-7-19(8-10-21)6-4-2-1-3-5-17-29/h1-3,5,13,16,18-21,23H,4,6-12,14-15H2. The molecule has 5 heteroatoms. The number of ether oxygens (including phenoxy) is 1. The summed E-state index contributed by atoms with van der Waals surface area (Å²) in [6, 6.07) is 6.11. The van der Waals surface area contributed by atoms with Crippen LogP contribution in [0.3, 0.4) is 0 Å². The molecular weight excluding hydrogens is 396 g/mol. The van der Waals surface area contributed by atoms with Crippen LogP contribution in [0, 0.1) is 34.8 Å². The smallest absolute Gasteiger partial charge is 0.309 e. The van der Waals surface area contributed by atoms with Gasteiger partial charge >= 0.3 is 5.97 Å². The van der Waals surface area contributed by atoms with Gasteiger partial charge in [-0.15, -0.1) is 0 Å². The molecule has 0 atom stereocenters. The highest BCUT2D eigenvalue weighted by atomic mass is 19.2. The van der Waals surface area contributed by atoms with E-state index in [0.717, 1.165) is 69.8 Å². The quantitative estimate of drug-likeness (QED) is 0.274. The van der Waals surface area contributed by atoms with Gasteiger partial charge in [-0.05, 0) is 93.7 Å². The molecule has 2 fully saturated rings. The highest BCUT2D eigenvalue weighted by molar-refractivity contribution is 5.72.